The van der Waals surface area contributed by atoms with E-state index in [4.69, 9.17) is 13.8 Å². The van der Waals surface area contributed by atoms with Crippen molar-refractivity contribution in [2.24, 2.45) is 0 Å². The summed E-state index contributed by atoms with van der Waals surface area (Å²) in [5, 5.41) is 3.04. The van der Waals surface area contributed by atoms with E-state index >= 15 is 0 Å². The van der Waals surface area contributed by atoms with Crippen LogP contribution in [0.5, 0.6) is 0 Å². The lowest BCUT2D eigenvalue weighted by atomic mass is 10.0. The van der Waals surface area contributed by atoms with Gasteiger partial charge in [-0.2, -0.15) is 0 Å². The molecule has 0 aromatic heterocycles. The number of quaternary nitrogens is 1. The van der Waals surface area contributed by atoms with E-state index in [0.717, 1.165) is 89.9 Å². The van der Waals surface area contributed by atoms with Crippen LogP contribution in [-0.4, -0.2) is 74.3 Å². The van der Waals surface area contributed by atoms with Gasteiger partial charge in [-0.25, -0.2) is 4.57 Å². The first kappa shape index (κ1) is 74.5. The zero-order chi connectivity index (χ0) is 56.4. The summed E-state index contributed by atoms with van der Waals surface area (Å²) in [6, 6.07) is -0.859. The van der Waals surface area contributed by atoms with Gasteiger partial charge in [-0.05, 0) is 83.1 Å². The van der Waals surface area contributed by atoms with Crippen molar-refractivity contribution in [1.29, 1.82) is 0 Å². The fraction of sp³-hybridized carbons (Fsp3) is 0.791. The number of hydrogen-bond donors (Lipinski definition) is 2. The number of ether oxygens (including phenoxy) is 1. The predicted molar refractivity (Wildman–Crippen MR) is 332 cm³/mol. The Morgan fingerprint density at radius 3 is 1.36 bits per heavy atom. The summed E-state index contributed by atoms with van der Waals surface area (Å²) in [7, 11) is 1.48. The minimum Gasteiger partial charge on any atom is -0.456 e. The molecule has 77 heavy (non-hydrogen) atoms. The van der Waals surface area contributed by atoms with E-state index in [1.807, 2.05) is 33.3 Å². The summed E-state index contributed by atoms with van der Waals surface area (Å²) in [4.78, 5) is 37.7. The van der Waals surface area contributed by atoms with Crippen molar-refractivity contribution >= 4 is 19.7 Å². The smallest absolute Gasteiger partial charge is 0.456 e. The minimum absolute atomic E-state index is 0.0346. The highest BCUT2D eigenvalue weighted by Gasteiger charge is 2.30. The van der Waals surface area contributed by atoms with E-state index in [2.05, 4.69) is 86.8 Å². The number of carbonyl (C=O) groups excluding carboxylic acids is 2. The van der Waals surface area contributed by atoms with Gasteiger partial charge >= 0.3 is 13.8 Å². The van der Waals surface area contributed by atoms with Crippen LogP contribution in [0.3, 0.4) is 0 Å². The van der Waals surface area contributed by atoms with Gasteiger partial charge in [-0.1, -0.05) is 267 Å². The highest BCUT2D eigenvalue weighted by Crippen LogP contribution is 2.43. The number of hydrogen-bond acceptors (Lipinski definition) is 6. The average molecular weight is 1100 g/mol. The van der Waals surface area contributed by atoms with Crippen molar-refractivity contribution in [3.63, 3.8) is 0 Å². The highest BCUT2D eigenvalue weighted by molar-refractivity contribution is 7.47. The molecule has 0 fully saturated rings. The maximum Gasteiger partial charge on any atom is 0.472 e. The Bertz CT molecular complexity index is 1550. The Morgan fingerprint density at radius 2 is 0.883 bits per heavy atom. The van der Waals surface area contributed by atoms with Crippen LogP contribution in [0.25, 0.3) is 0 Å². The summed E-state index contributed by atoms with van der Waals surface area (Å²) in [5.41, 5.74) is 0. The maximum atomic E-state index is 13.5. The molecule has 3 unspecified atom stereocenters. The molecule has 0 saturated carbocycles. The molecule has 0 aliphatic heterocycles. The molecule has 2 N–H and O–H groups in total. The van der Waals surface area contributed by atoms with Gasteiger partial charge < -0.3 is 19.4 Å². The number of rotatable bonds is 58. The summed E-state index contributed by atoms with van der Waals surface area (Å²) in [6.07, 6.45) is 73.5. The number of unbranched alkanes of at least 4 members (excludes halogenated alkanes) is 34. The third-order valence-electron chi connectivity index (χ3n) is 14.2. The van der Waals surface area contributed by atoms with Gasteiger partial charge in [0.1, 0.15) is 19.3 Å². The minimum atomic E-state index is -4.45. The van der Waals surface area contributed by atoms with Crippen molar-refractivity contribution < 1.29 is 37.3 Å². The molecule has 0 aliphatic rings. The number of esters is 1. The predicted octanol–water partition coefficient (Wildman–Crippen LogP) is 20.0. The first-order valence-corrected chi connectivity index (χ1v) is 33.8. The van der Waals surface area contributed by atoms with Crippen LogP contribution in [0.4, 0.5) is 0 Å². The average Bonchev–Trinajstić information content (AvgIpc) is 3.39. The molecule has 0 heterocycles. The van der Waals surface area contributed by atoms with Gasteiger partial charge in [-0.3, -0.25) is 18.6 Å². The third-order valence-corrected chi connectivity index (χ3v) is 15.2. The molecule has 9 nitrogen and oxygen atoms in total. The van der Waals surface area contributed by atoms with Crippen LogP contribution in [0.15, 0.2) is 72.9 Å². The lowest BCUT2D eigenvalue weighted by molar-refractivity contribution is -0.870. The Balaban J connectivity index is 4.98. The van der Waals surface area contributed by atoms with Gasteiger partial charge in [0, 0.05) is 12.8 Å². The van der Waals surface area contributed by atoms with Crippen LogP contribution < -0.4 is 5.32 Å². The fourth-order valence-corrected chi connectivity index (χ4v) is 9.94. The van der Waals surface area contributed by atoms with Gasteiger partial charge in [0.25, 0.3) is 0 Å². The molecule has 0 bridgehead atoms. The zero-order valence-corrected chi connectivity index (χ0v) is 52.1. The number of nitrogens with one attached hydrogen (secondary N) is 1. The zero-order valence-electron chi connectivity index (χ0n) is 51.2. The lowest BCUT2D eigenvalue weighted by Gasteiger charge is -2.27. The van der Waals surface area contributed by atoms with Crippen molar-refractivity contribution in [3.8, 4) is 0 Å². The number of likely N-dealkylation sites (N-methyl/N-ethyl adjacent to an activating group) is 1. The summed E-state index contributed by atoms with van der Waals surface area (Å²) in [5.74, 6) is -0.525. The molecular formula is C67H124N2O7P+. The van der Waals surface area contributed by atoms with Crippen LogP contribution in [0.1, 0.15) is 290 Å². The molecule has 0 rings (SSSR count). The normalized spacial score (nSPS) is 14.1. The largest absolute Gasteiger partial charge is 0.472 e. The monoisotopic (exact) mass is 1100 g/mol. The molecule has 0 aromatic rings. The molecule has 3 atom stereocenters. The summed E-state index contributed by atoms with van der Waals surface area (Å²) >= 11 is 0. The number of phosphoric ester groups is 1. The van der Waals surface area contributed by atoms with Gasteiger partial charge in [0.05, 0.1) is 33.8 Å². The van der Waals surface area contributed by atoms with Crippen LogP contribution >= 0.6 is 7.82 Å². The molecule has 0 aromatic carbocycles. The van der Waals surface area contributed by atoms with E-state index in [1.165, 1.54) is 167 Å². The van der Waals surface area contributed by atoms with E-state index < -0.39 is 20.0 Å². The molecule has 0 saturated heterocycles. The van der Waals surface area contributed by atoms with Crippen molar-refractivity contribution in [2.75, 3.05) is 40.9 Å². The highest BCUT2D eigenvalue weighted by atomic mass is 31.2. The number of nitrogens with zero attached hydrogens (tertiary/aromatic N) is 1. The van der Waals surface area contributed by atoms with E-state index in [-0.39, 0.29) is 31.5 Å². The first-order valence-electron chi connectivity index (χ1n) is 32.3. The van der Waals surface area contributed by atoms with Gasteiger partial charge in [0.2, 0.25) is 5.91 Å². The molecule has 0 aliphatic carbocycles. The van der Waals surface area contributed by atoms with E-state index in [1.54, 1.807) is 0 Å². The number of carbonyl (C=O) groups is 2. The second-order valence-electron chi connectivity index (χ2n) is 23.0. The second-order valence-corrected chi connectivity index (χ2v) is 24.4. The van der Waals surface area contributed by atoms with Crippen LogP contribution in [-0.2, 0) is 27.9 Å². The van der Waals surface area contributed by atoms with E-state index in [0.29, 0.717) is 17.4 Å². The SMILES string of the molecule is CC/C=C/C=C/C=C\CCCCCCCC(=O)NC(COP(=O)(O)OCC[N+](C)(C)C)C(/C=C\CCCCCCCCCCC)OC(=O)CCCCCCCCCCCCCCCCCCC/C=C\C/C=C\CCCCC. The van der Waals surface area contributed by atoms with Crippen molar-refractivity contribution in [1.82, 2.24) is 5.32 Å². The lowest BCUT2D eigenvalue weighted by Crippen LogP contribution is -2.47. The number of allylic oxidation sites excluding steroid dienone is 11. The third kappa shape index (κ3) is 57.9. The quantitative estimate of drug-likeness (QED) is 0.0156. The van der Waals surface area contributed by atoms with Gasteiger partial charge in [-0.15, -0.1) is 0 Å². The molecule has 0 radical (unpaired) electrons. The first-order chi connectivity index (χ1) is 37.4. The van der Waals surface area contributed by atoms with Gasteiger partial charge in [0.15, 0.2) is 0 Å². The Kier molecular flexibility index (Phi) is 54.8. The number of phosphoric acid groups is 1. The van der Waals surface area contributed by atoms with Crippen LogP contribution in [0.2, 0.25) is 0 Å². The van der Waals surface area contributed by atoms with E-state index in [9.17, 15) is 19.0 Å². The second kappa shape index (κ2) is 56.7. The molecular weight excluding hydrogens is 976 g/mol. The topological polar surface area (TPSA) is 111 Å². The molecule has 10 heteroatoms. The Hall–Kier alpha value is -2.55. The Morgan fingerprint density at radius 1 is 0.481 bits per heavy atom. The standard InChI is InChI=1S/C67H123N2O7P/c1-7-10-13-16-19-22-25-27-28-29-30-31-32-33-34-35-36-37-38-39-40-42-45-48-51-54-57-60-67(71)76-65(58-55-52-49-46-43-24-21-18-15-12-9-3)64(63-75-77(72,73)74-62-61-69(4,5)6)68-66(70)59-56-53-50-47-44-41-26-23-20-17-14-11-8-2/h11,14,17,19-20,22-23,26-28,55,58,64-65H,7-10,12-13,15-16,18,21,24-25,29-54,56-57,59-63H2,1-6H3,(H-,68,70,72,73)/p+1/b14-11+,20-17+,22-19-,26-23-,28-27-,58-55-. The van der Waals surface area contributed by atoms with Crippen molar-refractivity contribution in [2.45, 2.75) is 303 Å². The summed E-state index contributed by atoms with van der Waals surface area (Å²) < 4.78 is 30.7. The molecule has 1 amide bonds. The maximum absolute atomic E-state index is 13.5. The molecule has 0 spiro atoms. The number of amides is 1. The Labute approximate surface area is 476 Å². The molecule has 448 valence electrons. The fourth-order valence-electron chi connectivity index (χ4n) is 9.21. The summed E-state index contributed by atoms with van der Waals surface area (Å²) in [6.45, 7) is 6.85. The van der Waals surface area contributed by atoms with Crippen LogP contribution in [0, 0.1) is 0 Å². The van der Waals surface area contributed by atoms with Crippen molar-refractivity contribution in [3.05, 3.63) is 72.9 Å².